The molecule has 1 heterocycles. The van der Waals surface area contributed by atoms with Gasteiger partial charge in [-0.2, -0.15) is 0 Å². The molecule has 22 heavy (non-hydrogen) atoms. The van der Waals surface area contributed by atoms with E-state index in [0.717, 1.165) is 0 Å². The van der Waals surface area contributed by atoms with E-state index in [1.165, 1.54) is 19.3 Å². The van der Waals surface area contributed by atoms with E-state index >= 15 is 0 Å². The zero-order valence-corrected chi connectivity index (χ0v) is 12.3. The third kappa shape index (κ3) is 3.82. The van der Waals surface area contributed by atoms with E-state index in [1.54, 1.807) is 37.3 Å². The second-order valence-corrected chi connectivity index (χ2v) is 4.30. The molecule has 0 fully saturated rings. The third-order valence-corrected chi connectivity index (χ3v) is 2.79. The average Bonchev–Trinajstić information content (AvgIpc) is 2.55. The topological polar surface area (TPSA) is 77.5 Å². The number of carbonyl (C=O) groups excluding carboxylic acids is 2. The molecule has 6 heteroatoms. The van der Waals surface area contributed by atoms with Gasteiger partial charge in [-0.25, -0.2) is 4.79 Å². The first-order chi connectivity index (χ1) is 10.6. The maximum Gasteiger partial charge on any atom is 0.338 e. The second kappa shape index (κ2) is 7.21. The first-order valence-corrected chi connectivity index (χ1v) is 6.77. The van der Waals surface area contributed by atoms with Crippen LogP contribution in [0.15, 0.2) is 42.6 Å². The van der Waals surface area contributed by atoms with Gasteiger partial charge in [0.05, 0.1) is 12.2 Å². The molecule has 0 saturated carbocycles. The minimum absolute atomic E-state index is 0.267. The van der Waals surface area contributed by atoms with Crippen molar-refractivity contribution >= 4 is 11.9 Å². The van der Waals surface area contributed by atoms with Gasteiger partial charge in [0.25, 0.3) is 5.91 Å². The van der Waals surface area contributed by atoms with Gasteiger partial charge in [0.15, 0.2) is 0 Å². The van der Waals surface area contributed by atoms with Gasteiger partial charge >= 0.3 is 5.97 Å². The van der Waals surface area contributed by atoms with Crippen LogP contribution in [0.5, 0.6) is 11.5 Å². The van der Waals surface area contributed by atoms with Crippen molar-refractivity contribution in [2.75, 3.05) is 13.7 Å². The van der Waals surface area contributed by atoms with E-state index in [4.69, 9.17) is 9.47 Å². The maximum atomic E-state index is 11.6. The lowest BCUT2D eigenvalue weighted by atomic mass is 10.2. The summed E-state index contributed by atoms with van der Waals surface area (Å²) in [5.41, 5.74) is 0.720. The zero-order valence-electron chi connectivity index (χ0n) is 12.3. The first kappa shape index (κ1) is 15.5. The van der Waals surface area contributed by atoms with Gasteiger partial charge in [0, 0.05) is 19.3 Å². The summed E-state index contributed by atoms with van der Waals surface area (Å²) in [5.74, 6) is 0.363. The van der Waals surface area contributed by atoms with Crippen LogP contribution in [-0.4, -0.2) is 30.5 Å². The average molecular weight is 300 g/mol. The molecular formula is C16H16N2O4. The smallest absolute Gasteiger partial charge is 0.338 e. The lowest BCUT2D eigenvalue weighted by Crippen LogP contribution is -2.18. The Morgan fingerprint density at radius 1 is 1.14 bits per heavy atom. The molecule has 0 aliphatic carbocycles. The van der Waals surface area contributed by atoms with Gasteiger partial charge in [-0.1, -0.05) is 0 Å². The molecule has 1 aromatic heterocycles. The number of nitrogens with zero attached hydrogens (tertiary/aromatic N) is 1. The molecule has 0 aliphatic heterocycles. The van der Waals surface area contributed by atoms with Crippen molar-refractivity contribution in [3.05, 3.63) is 53.9 Å². The van der Waals surface area contributed by atoms with Gasteiger partial charge in [-0.3, -0.25) is 9.78 Å². The Balaban J connectivity index is 2.11. The summed E-state index contributed by atoms with van der Waals surface area (Å²) in [6.07, 6.45) is 1.49. The van der Waals surface area contributed by atoms with Crippen molar-refractivity contribution in [1.82, 2.24) is 10.3 Å². The van der Waals surface area contributed by atoms with Crippen LogP contribution in [0, 0.1) is 0 Å². The summed E-state index contributed by atoms with van der Waals surface area (Å²) < 4.78 is 10.5. The second-order valence-electron chi connectivity index (χ2n) is 4.30. The molecule has 0 atom stereocenters. The molecule has 0 saturated heterocycles. The van der Waals surface area contributed by atoms with Crippen molar-refractivity contribution in [3.8, 4) is 11.5 Å². The van der Waals surface area contributed by atoms with Gasteiger partial charge in [-0.15, -0.1) is 0 Å². The molecule has 2 aromatic rings. The van der Waals surface area contributed by atoms with Gasteiger partial charge in [0.1, 0.15) is 17.2 Å². The molecule has 0 unspecified atom stereocenters. The summed E-state index contributed by atoms with van der Waals surface area (Å²) in [4.78, 5) is 27.0. The Labute approximate surface area is 128 Å². The standard InChI is InChI=1S/C16H16N2O4/c1-3-21-16(20)11-4-6-12(7-5-11)22-13-8-9-18-14(10-13)15(19)17-2/h4-10H,3H2,1-2H3,(H,17,19). The number of carbonyl (C=O) groups is 2. The summed E-state index contributed by atoms with van der Waals surface area (Å²) in [6, 6.07) is 9.74. The van der Waals surface area contributed by atoms with Crippen LogP contribution in [0.2, 0.25) is 0 Å². The number of hydrogen-bond donors (Lipinski definition) is 1. The van der Waals surface area contributed by atoms with Crippen LogP contribution in [0.4, 0.5) is 0 Å². The van der Waals surface area contributed by atoms with E-state index in [-0.39, 0.29) is 17.6 Å². The van der Waals surface area contributed by atoms with Crippen molar-refractivity contribution in [1.29, 1.82) is 0 Å². The quantitative estimate of drug-likeness (QED) is 0.858. The van der Waals surface area contributed by atoms with E-state index in [9.17, 15) is 9.59 Å². The Bertz CT molecular complexity index is 668. The van der Waals surface area contributed by atoms with E-state index < -0.39 is 0 Å². The predicted octanol–water partition coefficient (Wildman–Crippen LogP) is 2.41. The highest BCUT2D eigenvalue weighted by Gasteiger charge is 2.08. The number of amides is 1. The fourth-order valence-corrected chi connectivity index (χ4v) is 1.74. The molecular weight excluding hydrogens is 284 g/mol. The molecule has 0 bridgehead atoms. The number of pyridine rings is 1. The Morgan fingerprint density at radius 2 is 1.86 bits per heavy atom. The molecule has 1 amide bonds. The minimum atomic E-state index is -0.375. The number of rotatable bonds is 5. The molecule has 0 radical (unpaired) electrons. The highest BCUT2D eigenvalue weighted by Crippen LogP contribution is 2.22. The van der Waals surface area contributed by atoms with Crippen LogP contribution in [0.1, 0.15) is 27.8 Å². The van der Waals surface area contributed by atoms with Gasteiger partial charge in [0.2, 0.25) is 0 Å². The van der Waals surface area contributed by atoms with Crippen LogP contribution < -0.4 is 10.1 Å². The lowest BCUT2D eigenvalue weighted by molar-refractivity contribution is 0.0526. The fraction of sp³-hybridized carbons (Fsp3) is 0.188. The van der Waals surface area contributed by atoms with E-state index in [2.05, 4.69) is 10.3 Å². The van der Waals surface area contributed by atoms with E-state index in [1.807, 2.05) is 0 Å². The van der Waals surface area contributed by atoms with Crippen molar-refractivity contribution < 1.29 is 19.1 Å². The SMILES string of the molecule is CCOC(=O)c1ccc(Oc2ccnc(C(=O)NC)c2)cc1. The highest BCUT2D eigenvalue weighted by molar-refractivity contribution is 5.92. The zero-order chi connectivity index (χ0) is 15.9. The summed E-state index contributed by atoms with van der Waals surface area (Å²) >= 11 is 0. The monoisotopic (exact) mass is 300 g/mol. The van der Waals surface area contributed by atoms with Crippen molar-refractivity contribution in [3.63, 3.8) is 0 Å². The van der Waals surface area contributed by atoms with Crippen LogP contribution in [-0.2, 0) is 4.74 Å². The first-order valence-electron chi connectivity index (χ1n) is 6.77. The Morgan fingerprint density at radius 3 is 2.50 bits per heavy atom. The third-order valence-electron chi connectivity index (χ3n) is 2.79. The van der Waals surface area contributed by atoms with Crippen molar-refractivity contribution in [2.45, 2.75) is 6.92 Å². The molecule has 2 rings (SSSR count). The summed E-state index contributed by atoms with van der Waals surface area (Å²) in [7, 11) is 1.53. The molecule has 114 valence electrons. The van der Waals surface area contributed by atoms with Crippen molar-refractivity contribution in [2.24, 2.45) is 0 Å². The minimum Gasteiger partial charge on any atom is -0.462 e. The number of aromatic nitrogens is 1. The maximum absolute atomic E-state index is 11.6. The number of hydrogen-bond acceptors (Lipinski definition) is 5. The fourth-order valence-electron chi connectivity index (χ4n) is 1.74. The normalized spacial score (nSPS) is 9.91. The predicted molar refractivity (Wildman–Crippen MR) is 80.1 cm³/mol. The van der Waals surface area contributed by atoms with Crippen LogP contribution >= 0.6 is 0 Å². The highest BCUT2D eigenvalue weighted by atomic mass is 16.5. The number of nitrogens with one attached hydrogen (secondary N) is 1. The van der Waals surface area contributed by atoms with Gasteiger partial charge < -0.3 is 14.8 Å². The lowest BCUT2D eigenvalue weighted by Gasteiger charge is -2.07. The molecule has 0 spiro atoms. The van der Waals surface area contributed by atoms with Crippen LogP contribution in [0.25, 0.3) is 0 Å². The van der Waals surface area contributed by atoms with Gasteiger partial charge in [-0.05, 0) is 37.3 Å². The van der Waals surface area contributed by atoms with Crippen LogP contribution in [0.3, 0.4) is 0 Å². The number of esters is 1. The molecule has 1 aromatic carbocycles. The summed E-state index contributed by atoms with van der Waals surface area (Å²) in [6.45, 7) is 2.08. The molecule has 6 nitrogen and oxygen atoms in total. The number of benzene rings is 1. The number of ether oxygens (including phenoxy) is 2. The molecule has 1 N–H and O–H groups in total. The largest absolute Gasteiger partial charge is 0.462 e. The Hall–Kier alpha value is -2.89. The Kier molecular flexibility index (Phi) is 5.08. The summed E-state index contributed by atoms with van der Waals surface area (Å²) in [5, 5.41) is 2.50. The van der Waals surface area contributed by atoms with E-state index in [0.29, 0.717) is 23.7 Å². The molecule has 0 aliphatic rings.